The zero-order chi connectivity index (χ0) is 18.2. The maximum absolute atomic E-state index is 10.5. The zero-order valence-electron chi connectivity index (χ0n) is 13.8. The first kappa shape index (κ1) is 17.7. The van der Waals surface area contributed by atoms with Crippen LogP contribution in [-0.2, 0) is 17.1 Å². The molecule has 3 aromatic rings. The van der Waals surface area contributed by atoms with Crippen LogP contribution >= 0.6 is 11.8 Å². The number of thioether (sulfide) groups is 1. The van der Waals surface area contributed by atoms with Crippen molar-refractivity contribution in [2.45, 2.75) is 17.2 Å². The number of aromatic amines is 1. The minimum Gasteiger partial charge on any atom is -0.478 e. The van der Waals surface area contributed by atoms with Crippen LogP contribution in [-0.4, -0.2) is 31.7 Å². The van der Waals surface area contributed by atoms with Crippen LogP contribution in [0.5, 0.6) is 0 Å². The summed E-state index contributed by atoms with van der Waals surface area (Å²) in [6.45, 7) is 0.708. The number of carbonyl (C=O) groups is 1. The molecule has 8 heteroatoms. The molecule has 0 spiro atoms. The highest BCUT2D eigenvalue weighted by Gasteiger charge is 2.01. The second kappa shape index (κ2) is 8.82. The number of H-pyrrole nitrogens is 1. The van der Waals surface area contributed by atoms with Gasteiger partial charge in [0.15, 0.2) is 5.82 Å². The summed E-state index contributed by atoms with van der Waals surface area (Å²) < 4.78 is 0. The smallest absolute Gasteiger partial charge is 0.328 e. The molecule has 2 aromatic carbocycles. The number of aliphatic carboxylic acids is 1. The van der Waals surface area contributed by atoms with Gasteiger partial charge in [0.1, 0.15) is 0 Å². The Hall–Kier alpha value is -3.13. The van der Waals surface area contributed by atoms with Gasteiger partial charge in [-0.3, -0.25) is 0 Å². The summed E-state index contributed by atoms with van der Waals surface area (Å²) in [5.41, 5.74) is 3.00. The molecule has 0 bridgehead atoms. The average Bonchev–Trinajstić information content (AvgIpc) is 3.18. The van der Waals surface area contributed by atoms with E-state index in [-0.39, 0.29) is 0 Å². The monoisotopic (exact) mass is 367 g/mol. The third-order valence-corrected chi connectivity index (χ3v) is 4.51. The van der Waals surface area contributed by atoms with Crippen LogP contribution in [0.2, 0.25) is 0 Å². The number of hydrogen-bond donors (Lipinski definition) is 3. The second-order valence-corrected chi connectivity index (χ2v) is 6.46. The van der Waals surface area contributed by atoms with Crippen LogP contribution < -0.4 is 5.32 Å². The van der Waals surface area contributed by atoms with E-state index < -0.39 is 5.97 Å². The Morgan fingerprint density at radius 2 is 1.92 bits per heavy atom. The predicted molar refractivity (Wildman–Crippen MR) is 101 cm³/mol. The number of nitrogens with one attached hydrogen (secondary N) is 2. The highest BCUT2D eigenvalue weighted by molar-refractivity contribution is 7.98. The number of anilines is 1. The molecule has 0 aliphatic heterocycles. The van der Waals surface area contributed by atoms with E-state index in [4.69, 9.17) is 5.11 Å². The SMILES string of the molecule is O=C(O)C=Cc1ccc(NCc2ccc(SCc3nn[nH]n3)cc2)cc1. The molecule has 0 radical (unpaired) electrons. The molecule has 0 saturated heterocycles. The van der Waals surface area contributed by atoms with Gasteiger partial charge in [0.25, 0.3) is 0 Å². The maximum Gasteiger partial charge on any atom is 0.328 e. The van der Waals surface area contributed by atoms with Crippen LogP contribution in [0, 0.1) is 0 Å². The van der Waals surface area contributed by atoms with Crippen molar-refractivity contribution in [1.29, 1.82) is 0 Å². The van der Waals surface area contributed by atoms with Crippen molar-refractivity contribution in [2.24, 2.45) is 0 Å². The molecule has 132 valence electrons. The molecule has 1 heterocycles. The van der Waals surface area contributed by atoms with Crippen LogP contribution in [0.4, 0.5) is 5.69 Å². The summed E-state index contributed by atoms with van der Waals surface area (Å²) >= 11 is 1.66. The number of carboxylic acid groups (broad SMARTS) is 1. The van der Waals surface area contributed by atoms with Crippen molar-refractivity contribution in [3.8, 4) is 0 Å². The minimum absolute atomic E-state index is 0.677. The van der Waals surface area contributed by atoms with Gasteiger partial charge in [-0.15, -0.1) is 22.0 Å². The first-order valence-electron chi connectivity index (χ1n) is 7.88. The molecule has 0 atom stereocenters. The minimum atomic E-state index is -0.953. The number of aromatic nitrogens is 4. The summed E-state index contributed by atoms with van der Waals surface area (Å²) in [5.74, 6) is 0.407. The Labute approximate surface area is 154 Å². The van der Waals surface area contributed by atoms with Crippen molar-refractivity contribution in [1.82, 2.24) is 20.6 Å². The van der Waals surface area contributed by atoms with Gasteiger partial charge in [-0.25, -0.2) is 4.79 Å². The lowest BCUT2D eigenvalue weighted by molar-refractivity contribution is -0.131. The average molecular weight is 367 g/mol. The Bertz CT molecular complexity index is 862. The number of carboxylic acids is 1. The normalized spacial score (nSPS) is 10.9. The zero-order valence-corrected chi connectivity index (χ0v) is 14.6. The van der Waals surface area contributed by atoms with Gasteiger partial charge in [-0.1, -0.05) is 29.5 Å². The standard InChI is InChI=1S/C18H17N5O2S/c24-18(25)10-5-13-1-6-15(7-2-13)19-11-14-3-8-16(9-4-14)26-12-17-20-22-23-21-17/h1-10,19H,11-12H2,(H,24,25)(H,20,21,22,23). The molecular formula is C18H17N5O2S. The number of hydrogen-bond acceptors (Lipinski definition) is 6. The third-order valence-electron chi connectivity index (χ3n) is 3.51. The number of tetrazole rings is 1. The summed E-state index contributed by atoms with van der Waals surface area (Å²) in [4.78, 5) is 11.7. The second-order valence-electron chi connectivity index (χ2n) is 5.41. The maximum atomic E-state index is 10.5. The lowest BCUT2D eigenvalue weighted by atomic mass is 10.2. The van der Waals surface area contributed by atoms with Gasteiger partial charge in [-0.05, 0) is 41.5 Å². The molecule has 3 N–H and O–H groups in total. The Morgan fingerprint density at radius 3 is 2.58 bits per heavy atom. The number of rotatable bonds is 8. The quantitative estimate of drug-likeness (QED) is 0.415. The van der Waals surface area contributed by atoms with Crippen LogP contribution in [0.3, 0.4) is 0 Å². The number of benzene rings is 2. The fourth-order valence-electron chi connectivity index (χ4n) is 2.18. The highest BCUT2D eigenvalue weighted by atomic mass is 32.2. The van der Waals surface area contributed by atoms with Crippen LogP contribution in [0.15, 0.2) is 59.5 Å². The Balaban J connectivity index is 1.49. The van der Waals surface area contributed by atoms with Crippen molar-refractivity contribution in [3.63, 3.8) is 0 Å². The molecule has 7 nitrogen and oxygen atoms in total. The topological polar surface area (TPSA) is 104 Å². The van der Waals surface area contributed by atoms with Gasteiger partial charge >= 0.3 is 5.97 Å². The molecule has 3 rings (SSSR count). The van der Waals surface area contributed by atoms with Gasteiger partial charge in [0.2, 0.25) is 0 Å². The van der Waals surface area contributed by atoms with Gasteiger partial charge in [-0.2, -0.15) is 5.21 Å². The summed E-state index contributed by atoms with van der Waals surface area (Å²) in [5, 5.41) is 25.8. The number of nitrogens with zero attached hydrogens (tertiary/aromatic N) is 3. The molecule has 0 saturated carbocycles. The molecule has 0 amide bonds. The van der Waals surface area contributed by atoms with Crippen LogP contribution in [0.25, 0.3) is 6.08 Å². The Kier molecular flexibility index (Phi) is 6.00. The highest BCUT2D eigenvalue weighted by Crippen LogP contribution is 2.21. The largest absolute Gasteiger partial charge is 0.478 e. The van der Waals surface area contributed by atoms with Crippen LogP contribution in [0.1, 0.15) is 17.0 Å². The van der Waals surface area contributed by atoms with Gasteiger partial charge < -0.3 is 10.4 Å². The van der Waals surface area contributed by atoms with Crippen molar-refractivity contribution in [2.75, 3.05) is 5.32 Å². The molecular weight excluding hydrogens is 350 g/mol. The van der Waals surface area contributed by atoms with Crippen molar-refractivity contribution < 1.29 is 9.90 Å². The summed E-state index contributed by atoms with van der Waals surface area (Å²) in [7, 11) is 0. The van der Waals surface area contributed by atoms with Gasteiger partial charge in [0, 0.05) is 23.2 Å². The lowest BCUT2D eigenvalue weighted by Crippen LogP contribution is -1.99. The summed E-state index contributed by atoms with van der Waals surface area (Å²) in [6, 6.07) is 15.9. The lowest BCUT2D eigenvalue weighted by Gasteiger charge is -2.08. The Morgan fingerprint density at radius 1 is 1.15 bits per heavy atom. The summed E-state index contributed by atoms with van der Waals surface area (Å²) in [6.07, 6.45) is 2.69. The molecule has 26 heavy (non-hydrogen) atoms. The van der Waals surface area contributed by atoms with Gasteiger partial charge in [0.05, 0.1) is 5.75 Å². The van der Waals surface area contributed by atoms with E-state index in [0.29, 0.717) is 18.1 Å². The fourth-order valence-corrected chi connectivity index (χ4v) is 2.93. The van der Waals surface area contributed by atoms with E-state index in [9.17, 15) is 4.79 Å². The third kappa shape index (κ3) is 5.45. The predicted octanol–water partition coefficient (Wildman–Crippen LogP) is 3.20. The van der Waals surface area contributed by atoms with Crippen molar-refractivity contribution in [3.05, 3.63) is 71.6 Å². The van der Waals surface area contributed by atoms with E-state index in [1.54, 1.807) is 17.8 Å². The van der Waals surface area contributed by atoms with E-state index in [2.05, 4.69) is 50.2 Å². The molecule has 0 fully saturated rings. The molecule has 0 unspecified atom stereocenters. The molecule has 0 aliphatic carbocycles. The van der Waals surface area contributed by atoms with E-state index >= 15 is 0 Å². The van der Waals surface area contributed by atoms with Crippen molar-refractivity contribution >= 4 is 29.5 Å². The molecule has 0 aliphatic rings. The first-order chi connectivity index (χ1) is 12.7. The van der Waals surface area contributed by atoms with E-state index in [1.807, 2.05) is 24.3 Å². The molecule has 1 aromatic heterocycles. The first-order valence-corrected chi connectivity index (χ1v) is 8.86. The van der Waals surface area contributed by atoms with E-state index in [0.717, 1.165) is 22.2 Å². The fraction of sp³-hybridized carbons (Fsp3) is 0.111. The van der Waals surface area contributed by atoms with E-state index in [1.165, 1.54) is 5.56 Å².